The summed E-state index contributed by atoms with van der Waals surface area (Å²) in [6.07, 6.45) is 0. The van der Waals surface area contributed by atoms with Crippen LogP contribution in [-0.4, -0.2) is 38.8 Å². The average Bonchev–Trinajstić information content (AvgIpc) is 2.64. The quantitative estimate of drug-likeness (QED) is 0.866. The normalized spacial score (nSPS) is 18.2. The second kappa shape index (κ2) is 7.28. The molecular weight excluding hydrogens is 371 g/mol. The first-order valence-electron chi connectivity index (χ1n) is 8.46. The van der Waals surface area contributed by atoms with Gasteiger partial charge in [0.25, 0.3) is 0 Å². The number of amides is 1. The number of piperazine rings is 1. The third-order valence-corrected chi connectivity index (χ3v) is 6.61. The van der Waals surface area contributed by atoms with Crippen LogP contribution < -0.4 is 10.1 Å². The molecule has 0 spiro atoms. The molecule has 2 aromatic carbocycles. The first-order valence-corrected chi connectivity index (χ1v) is 9.90. The van der Waals surface area contributed by atoms with Gasteiger partial charge in [0.1, 0.15) is 22.5 Å². The van der Waals surface area contributed by atoms with Gasteiger partial charge in [0.2, 0.25) is 15.9 Å². The lowest BCUT2D eigenvalue weighted by atomic mass is 10.0. The fourth-order valence-corrected chi connectivity index (χ4v) is 4.92. The van der Waals surface area contributed by atoms with E-state index in [1.165, 1.54) is 31.4 Å². The summed E-state index contributed by atoms with van der Waals surface area (Å²) in [5.74, 6) is -0.679. The summed E-state index contributed by atoms with van der Waals surface area (Å²) in [7, 11) is -2.62. The summed E-state index contributed by atoms with van der Waals surface area (Å²) in [6.45, 7) is 3.98. The SMILES string of the molecule is COc1cc(C)c(C)cc1S(=O)(=O)N1CCNC(=O)C1c1ccc(F)cc1. The number of sulfonamides is 1. The molecule has 1 aliphatic heterocycles. The van der Waals surface area contributed by atoms with Crippen LogP contribution in [0.3, 0.4) is 0 Å². The van der Waals surface area contributed by atoms with Crippen molar-refractivity contribution in [2.45, 2.75) is 24.8 Å². The van der Waals surface area contributed by atoms with Crippen LogP contribution in [0.15, 0.2) is 41.3 Å². The van der Waals surface area contributed by atoms with Gasteiger partial charge in [-0.3, -0.25) is 4.79 Å². The van der Waals surface area contributed by atoms with Gasteiger partial charge in [0.15, 0.2) is 0 Å². The molecule has 0 radical (unpaired) electrons. The number of ether oxygens (including phenoxy) is 1. The molecule has 144 valence electrons. The summed E-state index contributed by atoms with van der Waals surface area (Å²) < 4.78 is 46.5. The monoisotopic (exact) mass is 392 g/mol. The minimum absolute atomic E-state index is 0.00918. The predicted molar refractivity (Wildman–Crippen MR) is 98.5 cm³/mol. The minimum Gasteiger partial charge on any atom is -0.495 e. The molecule has 0 aromatic heterocycles. The number of carbonyl (C=O) groups is 1. The molecule has 3 rings (SSSR count). The first-order chi connectivity index (χ1) is 12.8. The van der Waals surface area contributed by atoms with Crippen molar-refractivity contribution in [1.29, 1.82) is 0 Å². The highest BCUT2D eigenvalue weighted by Crippen LogP contribution is 2.35. The van der Waals surface area contributed by atoms with Gasteiger partial charge < -0.3 is 10.1 Å². The topological polar surface area (TPSA) is 75.7 Å². The maximum atomic E-state index is 13.4. The van der Waals surface area contributed by atoms with Gasteiger partial charge in [0.05, 0.1) is 7.11 Å². The second-order valence-electron chi connectivity index (χ2n) is 6.45. The number of aryl methyl sites for hydroxylation is 2. The van der Waals surface area contributed by atoms with Crippen LogP contribution in [0.25, 0.3) is 0 Å². The molecule has 1 atom stereocenters. The van der Waals surface area contributed by atoms with Gasteiger partial charge in [-0.25, -0.2) is 12.8 Å². The van der Waals surface area contributed by atoms with Crippen molar-refractivity contribution in [2.24, 2.45) is 0 Å². The predicted octanol–water partition coefficient (Wildman–Crippen LogP) is 2.31. The third kappa shape index (κ3) is 3.54. The van der Waals surface area contributed by atoms with Crippen LogP contribution in [0.1, 0.15) is 22.7 Å². The Balaban J connectivity index is 2.12. The molecule has 8 heteroatoms. The maximum Gasteiger partial charge on any atom is 0.247 e. The smallest absolute Gasteiger partial charge is 0.247 e. The molecule has 1 unspecified atom stereocenters. The molecule has 0 aliphatic carbocycles. The molecular formula is C19H21FN2O4S. The van der Waals surface area contributed by atoms with Crippen molar-refractivity contribution >= 4 is 15.9 Å². The summed E-state index contributed by atoms with van der Waals surface area (Å²) in [6, 6.07) is 7.40. The van der Waals surface area contributed by atoms with E-state index in [4.69, 9.17) is 4.74 Å². The molecule has 2 aromatic rings. The van der Waals surface area contributed by atoms with Crippen molar-refractivity contribution in [3.05, 3.63) is 58.9 Å². The maximum absolute atomic E-state index is 13.4. The zero-order valence-corrected chi connectivity index (χ0v) is 16.1. The van der Waals surface area contributed by atoms with E-state index >= 15 is 0 Å². The number of rotatable bonds is 4. The van der Waals surface area contributed by atoms with E-state index in [0.29, 0.717) is 5.56 Å². The Morgan fingerprint density at radius 1 is 1.15 bits per heavy atom. The van der Waals surface area contributed by atoms with Crippen molar-refractivity contribution < 1.29 is 22.3 Å². The number of nitrogens with one attached hydrogen (secondary N) is 1. The Morgan fingerprint density at radius 2 is 1.78 bits per heavy atom. The fraction of sp³-hybridized carbons (Fsp3) is 0.316. The summed E-state index contributed by atoms with van der Waals surface area (Å²) in [5.41, 5.74) is 2.10. The van der Waals surface area contributed by atoms with E-state index in [1.807, 2.05) is 13.8 Å². The molecule has 0 saturated carbocycles. The number of benzene rings is 2. The van der Waals surface area contributed by atoms with Gasteiger partial charge in [0, 0.05) is 13.1 Å². The van der Waals surface area contributed by atoms with Crippen molar-refractivity contribution in [2.75, 3.05) is 20.2 Å². The Kier molecular flexibility index (Phi) is 5.21. The largest absolute Gasteiger partial charge is 0.495 e. The molecule has 1 aliphatic rings. The fourth-order valence-electron chi connectivity index (χ4n) is 3.12. The highest BCUT2D eigenvalue weighted by Gasteiger charge is 2.40. The van der Waals surface area contributed by atoms with Gasteiger partial charge in [-0.15, -0.1) is 0 Å². The van der Waals surface area contributed by atoms with E-state index in [-0.39, 0.29) is 23.7 Å². The zero-order valence-electron chi connectivity index (χ0n) is 15.3. The Bertz CT molecular complexity index is 974. The Labute approximate surface area is 158 Å². The van der Waals surface area contributed by atoms with Crippen LogP contribution in [0, 0.1) is 19.7 Å². The van der Waals surface area contributed by atoms with Crippen molar-refractivity contribution in [3.63, 3.8) is 0 Å². The average molecular weight is 392 g/mol. The molecule has 27 heavy (non-hydrogen) atoms. The second-order valence-corrected chi connectivity index (χ2v) is 8.31. The molecule has 0 bridgehead atoms. The lowest BCUT2D eigenvalue weighted by Crippen LogP contribution is -2.52. The van der Waals surface area contributed by atoms with Crippen molar-refractivity contribution in [1.82, 2.24) is 9.62 Å². The van der Waals surface area contributed by atoms with E-state index in [0.717, 1.165) is 15.4 Å². The van der Waals surface area contributed by atoms with Gasteiger partial charge in [-0.05, 0) is 54.8 Å². The van der Waals surface area contributed by atoms with E-state index in [1.54, 1.807) is 12.1 Å². The number of hydrogen-bond donors (Lipinski definition) is 1. The van der Waals surface area contributed by atoms with E-state index in [2.05, 4.69) is 5.32 Å². The first kappa shape index (κ1) is 19.3. The van der Waals surface area contributed by atoms with Gasteiger partial charge in [-0.2, -0.15) is 4.31 Å². The Morgan fingerprint density at radius 3 is 2.41 bits per heavy atom. The van der Waals surface area contributed by atoms with Crippen LogP contribution in [0.5, 0.6) is 5.75 Å². The number of nitrogens with zero attached hydrogens (tertiary/aromatic N) is 1. The number of hydrogen-bond acceptors (Lipinski definition) is 4. The van der Waals surface area contributed by atoms with Crippen molar-refractivity contribution in [3.8, 4) is 5.75 Å². The molecule has 1 heterocycles. The van der Waals surface area contributed by atoms with E-state index in [9.17, 15) is 17.6 Å². The van der Waals surface area contributed by atoms with Crippen LogP contribution in [0.4, 0.5) is 4.39 Å². The van der Waals surface area contributed by atoms with Gasteiger partial charge >= 0.3 is 0 Å². The molecule has 1 fully saturated rings. The third-order valence-electron chi connectivity index (χ3n) is 4.72. The standard InChI is InChI=1S/C19H21FN2O4S/c1-12-10-16(26-3)17(11-13(12)2)27(24,25)22-9-8-21-19(23)18(22)14-4-6-15(20)7-5-14/h4-7,10-11,18H,8-9H2,1-3H3,(H,21,23). The number of halogens is 1. The van der Waals surface area contributed by atoms with Crippen LogP contribution in [-0.2, 0) is 14.8 Å². The van der Waals surface area contributed by atoms with Gasteiger partial charge in [-0.1, -0.05) is 12.1 Å². The summed E-state index contributed by atoms with van der Waals surface area (Å²) in [5, 5.41) is 2.68. The molecule has 1 saturated heterocycles. The zero-order chi connectivity index (χ0) is 19.8. The van der Waals surface area contributed by atoms with E-state index < -0.39 is 27.8 Å². The van der Waals surface area contributed by atoms with Crippen LogP contribution >= 0.6 is 0 Å². The highest BCUT2D eigenvalue weighted by atomic mass is 32.2. The van der Waals surface area contributed by atoms with Crippen LogP contribution in [0.2, 0.25) is 0 Å². The number of methoxy groups -OCH3 is 1. The lowest BCUT2D eigenvalue weighted by molar-refractivity contribution is -0.126. The Hall–Kier alpha value is -2.45. The molecule has 1 N–H and O–H groups in total. The highest BCUT2D eigenvalue weighted by molar-refractivity contribution is 7.89. The molecule has 6 nitrogen and oxygen atoms in total. The lowest BCUT2D eigenvalue weighted by Gasteiger charge is -2.34. The summed E-state index contributed by atoms with van der Waals surface area (Å²) >= 11 is 0. The minimum atomic E-state index is -4.03. The molecule has 1 amide bonds. The summed E-state index contributed by atoms with van der Waals surface area (Å²) in [4.78, 5) is 12.5. The number of carbonyl (C=O) groups excluding carboxylic acids is 1.